The molecule has 0 aromatic heterocycles. The zero-order valence-electron chi connectivity index (χ0n) is 67.2. The molecule has 1 aliphatic carbocycles. The van der Waals surface area contributed by atoms with E-state index in [1.165, 1.54) is 31.9 Å². The maximum atomic E-state index is 14.4. The number of amides is 1. The molecule has 1 saturated carbocycles. The van der Waals surface area contributed by atoms with Gasteiger partial charge < -0.3 is 43.5 Å². The second-order valence-corrected chi connectivity index (χ2v) is 24.6. The normalized spacial score (nSPS) is 21.6. The number of esters is 2. The first kappa shape index (κ1) is 104. The van der Waals surface area contributed by atoms with Crippen molar-refractivity contribution in [3.8, 4) is 273 Å². The van der Waals surface area contributed by atoms with Gasteiger partial charge in [-0.15, -0.1) is 12.8 Å². The summed E-state index contributed by atoms with van der Waals surface area (Å²) in [5.74, 6) is 99.3. The third kappa shape index (κ3) is 46.1. The summed E-state index contributed by atoms with van der Waals surface area (Å²) in [6, 6.07) is -1.10. The van der Waals surface area contributed by atoms with Crippen LogP contribution in [-0.4, -0.2) is 137 Å². The van der Waals surface area contributed by atoms with Gasteiger partial charge in [-0.2, -0.15) is 0 Å². The van der Waals surface area contributed by atoms with Gasteiger partial charge in [-0.1, -0.05) is 55.4 Å². The quantitative estimate of drug-likeness (QED) is 0.0104. The number of rotatable bonds is 21. The molecule has 2 bridgehead atoms. The van der Waals surface area contributed by atoms with Crippen LogP contribution in [0, 0.1) is 303 Å². The molecule has 0 aromatic rings. The van der Waals surface area contributed by atoms with E-state index in [1.807, 2.05) is 39.8 Å². The van der Waals surface area contributed by atoms with Crippen LogP contribution in [0.4, 0.5) is 0 Å². The minimum absolute atomic E-state index is 0. The summed E-state index contributed by atoms with van der Waals surface area (Å²) in [4.78, 5) is 88.5. The molecule has 690 valence electrons. The van der Waals surface area contributed by atoms with E-state index in [0.717, 1.165) is 11.1 Å². The first-order valence-corrected chi connectivity index (χ1v) is 36.0. The molecular weight excluding hydrogens is 1580 g/mol. The number of Topliss-reactive ketones (excluding diaryl/α,β-unsaturated/α-hetero) is 2. The number of nitrogens with one attached hydrogen (secondary N) is 1. The van der Waals surface area contributed by atoms with Crippen LogP contribution >= 0.6 is 0 Å². The number of aliphatic carboxylic acids is 1. The van der Waals surface area contributed by atoms with E-state index in [-0.39, 0.29) is 104 Å². The predicted octanol–water partition coefficient (Wildman–Crippen LogP) is 12.9. The van der Waals surface area contributed by atoms with Crippen LogP contribution in [0.2, 0.25) is 0 Å². The van der Waals surface area contributed by atoms with E-state index in [1.54, 1.807) is 6.92 Å². The Morgan fingerprint density at radius 2 is 0.967 bits per heavy atom. The highest BCUT2D eigenvalue weighted by Crippen LogP contribution is 2.40. The van der Waals surface area contributed by atoms with Gasteiger partial charge in [-0.25, -0.2) is 15.3 Å². The summed E-state index contributed by atoms with van der Waals surface area (Å²) in [5.41, 5.74) is 3.15. The van der Waals surface area contributed by atoms with E-state index in [4.69, 9.17) is 56.9 Å². The van der Waals surface area contributed by atoms with Crippen LogP contribution in [0.1, 0.15) is 174 Å². The number of cyclic esters (lactones) is 1. The van der Waals surface area contributed by atoms with Crippen molar-refractivity contribution in [2.24, 2.45) is 29.6 Å². The number of piperidine rings is 1. The molecule has 0 aromatic carbocycles. The van der Waals surface area contributed by atoms with Crippen LogP contribution in [0.25, 0.3) is 0 Å². The zero-order chi connectivity index (χ0) is 89.5. The fourth-order valence-corrected chi connectivity index (χ4v) is 11.3. The number of carbonyl (C=O) groups is 6. The fraction of sp³-hybridized carbons (Fsp3) is 0.391. The molecule has 2 saturated heterocycles. The summed E-state index contributed by atoms with van der Waals surface area (Å²) in [7, 11) is 4.57. The highest BCUT2D eigenvalue weighted by molar-refractivity contribution is 6.39. The highest BCUT2D eigenvalue weighted by Gasteiger charge is 2.57. The van der Waals surface area contributed by atoms with Gasteiger partial charge in [0.05, 0.1) is 18.3 Å². The lowest BCUT2D eigenvalue weighted by Gasteiger charge is -2.47. The number of carboxylic acids is 1. The fourth-order valence-electron chi connectivity index (χ4n) is 11.3. The average molecular weight is 1730 g/mol. The Labute approximate surface area is 759 Å². The number of carbonyl (C=O) groups excluding carboxylic acids is 5. The molecule has 30 heteroatoms. The standard InChI is InChI=1S/C46H71NO14.C46H2.H3NO14.34H2/c1-10-32-20-26(2)19-27(3)21-37(57-8)42-38(58-9)23-30(6)46(55,61-42)43(52)44(53)47-18-12-11-13-33(47)45(54)60-41(28(4)14-16-34(32)48)29(5)22-31-15-17-35(36(24-31)56-7)59-40(51)25-39(49)50;1-3-5-7-9-11-13-15-17-19-21-23-25-27-29-31-33-35-37-39-41-43-45-46-44-42-40-38-36-34-32-30-28-26-24-22-20-18-16-14-12-10-8-6-4-2;2-6-10-14-12-8-4-1-5-9-13-15-11-7-3;;;;;;;;;;;;;;;;;;;;;;;;;;;;;;;;;;/h20,22,27-28,30-33,35-38,41-42,55H,10-19,21,23-25H2,1-9H3,(H,49,50);1-2H;1-3H;34*1H/b26-20+,29-22+;;;;;;;;;;;;;;;;;;;;;;;;;;;;;;;;;;;;/t27-,28+,30+,31-,32+,33-,35+,36+,37-,38-,41-,42+,46+;;;;;;;;;;;;;;;;;;;;;;;;;;;;;;;;;;;;/m0..................................../s1. The Bertz CT molecular complexity index is 5200. The van der Waals surface area contributed by atoms with Gasteiger partial charge in [0.15, 0.2) is 0 Å². The summed E-state index contributed by atoms with van der Waals surface area (Å²) >= 11 is 0. The molecule has 4 aliphatic rings. The second-order valence-electron chi connectivity index (χ2n) is 24.6. The van der Waals surface area contributed by atoms with Crippen molar-refractivity contribution in [2.75, 3.05) is 27.9 Å². The summed E-state index contributed by atoms with van der Waals surface area (Å²) in [6.45, 7) is 11.6. The van der Waals surface area contributed by atoms with Gasteiger partial charge in [-0.05, 0) is 259 Å². The number of fused-ring (bicyclic) bond motifs is 3. The number of allylic oxidation sites excluding steroid dienone is 3. The van der Waals surface area contributed by atoms with Crippen molar-refractivity contribution in [3.63, 3.8) is 0 Å². The van der Waals surface area contributed by atoms with E-state index in [2.05, 4.69) is 328 Å². The molecule has 4 rings (SSSR count). The first-order chi connectivity index (χ1) is 59.2. The Balaban J connectivity index is -0.0000000469. The Hall–Kier alpha value is -14.2. The SMILES string of the molecule is C#CC#CC#CC#CC#CC#CC#CC#CC#CC#CC#CC#CC#CC#CC#CC#CC#CC#CC#CC#CC#CC#CC#C.CC[C@@H]1/C=C(\C)C[C@H](C)C[C@H](OC)[C@H]2O[C@@](O)(C(=O)C(=O)N3CCCC[C@H]3C(=O)O[C@H](/C(C)=C/[C@@H]3CC[C@@H](OC(=O)CC(=O)O)[C@H](OC)C3)[C@H](C)CCC1=O)[C@H](C)C[C@@H]2OC.OOOOOOONOOOOOOO.[HH].[HH].[HH].[HH].[HH].[HH].[HH].[HH].[HH].[HH].[HH].[HH].[HH].[HH].[HH].[HH].[HH].[HH].[HH].[HH].[HH].[HH].[HH].[HH].[HH].[HH].[HH].[HH].[HH].[HH].[HH].[HH].[HH].[HH]. The van der Waals surface area contributed by atoms with Crippen LogP contribution in [-0.2, 0) is 118 Å². The first-order valence-electron chi connectivity index (χ1n) is 36.0. The van der Waals surface area contributed by atoms with Gasteiger partial charge in [-0.3, -0.25) is 24.0 Å². The molecule has 3 fully saturated rings. The lowest BCUT2D eigenvalue weighted by Crippen LogP contribution is -2.64. The van der Waals surface area contributed by atoms with Crippen LogP contribution in [0.5, 0.6) is 0 Å². The van der Waals surface area contributed by atoms with Crippen molar-refractivity contribution < 1.29 is 187 Å². The van der Waals surface area contributed by atoms with Crippen LogP contribution in [0.15, 0.2) is 23.3 Å². The van der Waals surface area contributed by atoms with Gasteiger partial charge in [0.25, 0.3) is 11.7 Å². The number of methoxy groups -OCH3 is 3. The second kappa shape index (κ2) is 66.8. The maximum Gasteiger partial charge on any atom is 0.329 e. The molecule has 3 heterocycles. The zero-order valence-corrected chi connectivity index (χ0v) is 67.2. The van der Waals surface area contributed by atoms with E-state index in [9.17, 15) is 33.9 Å². The number of terminal acetylenes is 2. The number of hydrogen-bond donors (Lipinski definition) is 5. The number of aliphatic hydroxyl groups is 1. The minimum Gasteiger partial charge on any atom is -0.481 e. The molecular formula is C92H144N2O28. The van der Waals surface area contributed by atoms with E-state index in [0.29, 0.717) is 57.8 Å². The van der Waals surface area contributed by atoms with Crippen LogP contribution in [0.3, 0.4) is 0 Å². The number of ketones is 2. The Morgan fingerprint density at radius 1 is 0.557 bits per heavy atom. The third-order valence-electron chi connectivity index (χ3n) is 16.4. The largest absolute Gasteiger partial charge is 0.481 e. The molecule has 0 unspecified atom stereocenters. The lowest BCUT2D eigenvalue weighted by atomic mass is 9.82. The smallest absolute Gasteiger partial charge is 0.329 e. The van der Waals surface area contributed by atoms with Gasteiger partial charge in [0.2, 0.25) is 5.79 Å². The molecule has 30 nitrogen and oxygen atoms in total. The van der Waals surface area contributed by atoms with Crippen molar-refractivity contribution in [1.29, 1.82) is 0 Å². The molecule has 13 atom stereocenters. The molecule has 1 amide bonds. The van der Waals surface area contributed by atoms with E-state index >= 15 is 0 Å². The van der Waals surface area contributed by atoms with Gasteiger partial charge in [0.1, 0.15) is 36.6 Å². The molecule has 0 spiro atoms. The number of hydrogen-bond acceptors (Lipinski definition) is 28. The van der Waals surface area contributed by atoms with Gasteiger partial charge >= 0.3 is 17.9 Å². The number of carboxylic acid groups (broad SMARTS) is 1. The Kier molecular flexibility index (Phi) is 56.8. The topological polar surface area (TPSA) is 365 Å². The number of nitrogens with zero attached hydrogens (tertiary/aromatic N) is 1. The minimum atomic E-state index is -2.50. The molecule has 3 aliphatic heterocycles. The third-order valence-corrected chi connectivity index (χ3v) is 16.4. The van der Waals surface area contributed by atoms with Gasteiger partial charge in [0, 0.05) is 260 Å². The van der Waals surface area contributed by atoms with Crippen molar-refractivity contribution in [1.82, 2.24) is 10.5 Å². The lowest BCUT2D eigenvalue weighted by molar-refractivity contribution is -0.816. The molecule has 5 N–H and O–H groups in total. The monoisotopic (exact) mass is 1720 g/mol. The molecule has 122 heavy (non-hydrogen) atoms. The average Bonchev–Trinajstić information content (AvgIpc) is 0.766. The summed E-state index contributed by atoms with van der Waals surface area (Å²) in [6.07, 6.45) is 14.8. The summed E-state index contributed by atoms with van der Waals surface area (Å²) < 4.78 is 35.5. The van der Waals surface area contributed by atoms with Crippen molar-refractivity contribution in [2.45, 2.75) is 173 Å². The van der Waals surface area contributed by atoms with E-state index < -0.39 is 90.4 Å². The van der Waals surface area contributed by atoms with Crippen LogP contribution < -0.4 is 5.64 Å². The van der Waals surface area contributed by atoms with Crippen molar-refractivity contribution >= 4 is 35.4 Å². The van der Waals surface area contributed by atoms with Crippen molar-refractivity contribution in [3.05, 3.63) is 23.3 Å². The summed E-state index contributed by atoms with van der Waals surface area (Å²) in [5, 5.41) is 68.9. The Morgan fingerprint density at radius 3 is 1.36 bits per heavy atom. The highest BCUT2D eigenvalue weighted by atomic mass is 17.9. The maximum absolute atomic E-state index is 14.4. The number of ether oxygens (including phenoxy) is 6. The molecule has 0 radical (unpaired) electrons. The predicted molar refractivity (Wildman–Crippen MR) is 497 cm³/mol.